The number of alkyl halides is 1. The molecule has 0 saturated heterocycles. The standard InChI is InChI=1S/C36H73IO6Si2/c1-19-20-29(32(25-37)42-44(15,16)35(5,6)7)22-26(2)21-27(3)23-30(38-11)33(43-45(17,18)36(8,9)10)31(39-12)24-28(4)34(40-13)41-14/h19,22,27-34H,1,20-21,23-25H2,2-18H3/b26-22+/t27-,28+,29+,30-,31-,32+,33+/m0/s1. The van der Waals surface area contributed by atoms with Gasteiger partial charge in [-0.1, -0.05) is 95.7 Å². The largest absolute Gasteiger partial charge is 0.413 e. The third-order valence-corrected chi connectivity index (χ3v) is 20.1. The van der Waals surface area contributed by atoms with Gasteiger partial charge in [-0.15, -0.1) is 6.58 Å². The van der Waals surface area contributed by atoms with E-state index in [0.29, 0.717) is 11.8 Å². The van der Waals surface area contributed by atoms with Gasteiger partial charge in [0.05, 0.1) is 24.4 Å². The van der Waals surface area contributed by atoms with E-state index in [1.165, 1.54) is 5.57 Å². The van der Waals surface area contributed by atoms with Crippen molar-refractivity contribution in [3.63, 3.8) is 0 Å². The van der Waals surface area contributed by atoms with Crippen LogP contribution in [0.4, 0.5) is 0 Å². The molecule has 268 valence electrons. The van der Waals surface area contributed by atoms with E-state index in [4.69, 9.17) is 27.8 Å². The maximum atomic E-state index is 7.15. The molecule has 0 aromatic carbocycles. The molecule has 0 bridgehead atoms. The Morgan fingerprint density at radius 2 is 1.22 bits per heavy atom. The Morgan fingerprint density at radius 3 is 1.62 bits per heavy atom. The summed E-state index contributed by atoms with van der Waals surface area (Å²) in [6, 6.07) is 0. The number of hydrogen-bond acceptors (Lipinski definition) is 6. The number of methoxy groups -OCH3 is 4. The highest BCUT2D eigenvalue weighted by Gasteiger charge is 2.44. The summed E-state index contributed by atoms with van der Waals surface area (Å²) >= 11 is 2.49. The second kappa shape index (κ2) is 20.2. The summed E-state index contributed by atoms with van der Waals surface area (Å²) in [5, 5.41) is 0.231. The molecule has 0 aliphatic heterocycles. The van der Waals surface area contributed by atoms with Gasteiger partial charge in [0.15, 0.2) is 22.9 Å². The first-order valence-electron chi connectivity index (χ1n) is 16.9. The lowest BCUT2D eigenvalue weighted by Crippen LogP contribution is -2.53. The van der Waals surface area contributed by atoms with Crippen LogP contribution in [0.3, 0.4) is 0 Å². The molecule has 6 nitrogen and oxygen atoms in total. The summed E-state index contributed by atoms with van der Waals surface area (Å²) in [6.07, 6.45) is 7.39. The topological polar surface area (TPSA) is 55.4 Å². The van der Waals surface area contributed by atoms with Gasteiger partial charge in [-0.25, -0.2) is 0 Å². The van der Waals surface area contributed by atoms with Gasteiger partial charge in [-0.3, -0.25) is 0 Å². The number of allylic oxidation sites excluding steroid dienone is 2. The fourth-order valence-corrected chi connectivity index (χ4v) is 9.32. The van der Waals surface area contributed by atoms with Crippen LogP contribution >= 0.6 is 22.6 Å². The highest BCUT2D eigenvalue weighted by molar-refractivity contribution is 14.1. The molecule has 9 heteroatoms. The van der Waals surface area contributed by atoms with Crippen LogP contribution < -0.4 is 0 Å². The Morgan fingerprint density at radius 1 is 0.756 bits per heavy atom. The molecule has 0 saturated carbocycles. The zero-order valence-corrected chi connectivity index (χ0v) is 36.5. The first-order chi connectivity index (χ1) is 20.5. The smallest absolute Gasteiger partial charge is 0.192 e. The van der Waals surface area contributed by atoms with E-state index in [1.807, 2.05) is 13.2 Å². The van der Waals surface area contributed by atoms with Crippen LogP contribution in [-0.4, -0.2) is 80.2 Å². The van der Waals surface area contributed by atoms with E-state index in [2.05, 4.69) is 124 Å². The molecule has 0 heterocycles. The number of rotatable bonds is 22. The lowest BCUT2D eigenvalue weighted by molar-refractivity contribution is -0.152. The van der Waals surface area contributed by atoms with E-state index >= 15 is 0 Å². The summed E-state index contributed by atoms with van der Waals surface area (Å²) in [7, 11) is 2.94. The van der Waals surface area contributed by atoms with Crippen molar-refractivity contribution < 1.29 is 27.8 Å². The van der Waals surface area contributed by atoms with E-state index in [0.717, 1.165) is 30.1 Å². The van der Waals surface area contributed by atoms with Gasteiger partial charge < -0.3 is 27.8 Å². The zero-order valence-electron chi connectivity index (χ0n) is 32.3. The van der Waals surface area contributed by atoms with Gasteiger partial charge in [0.2, 0.25) is 0 Å². The minimum absolute atomic E-state index is 0.0574. The molecule has 0 aromatic rings. The second-order valence-corrected chi connectivity index (χ2v) is 26.7. The molecular weight excluding hydrogens is 711 g/mol. The van der Waals surface area contributed by atoms with Crippen LogP contribution in [0.2, 0.25) is 36.3 Å². The minimum Gasteiger partial charge on any atom is -0.413 e. The van der Waals surface area contributed by atoms with Crippen LogP contribution in [0.5, 0.6) is 0 Å². The number of halogens is 1. The third kappa shape index (κ3) is 14.8. The van der Waals surface area contributed by atoms with Crippen molar-refractivity contribution in [1.29, 1.82) is 0 Å². The molecule has 0 aliphatic rings. The molecule has 0 radical (unpaired) electrons. The molecule has 0 rings (SSSR count). The van der Waals surface area contributed by atoms with Crippen LogP contribution in [0.15, 0.2) is 24.3 Å². The van der Waals surface area contributed by atoms with Crippen molar-refractivity contribution >= 4 is 39.2 Å². The molecule has 0 unspecified atom stereocenters. The maximum absolute atomic E-state index is 7.15. The summed E-state index contributed by atoms with van der Waals surface area (Å²) in [4.78, 5) is 0. The van der Waals surface area contributed by atoms with Gasteiger partial charge >= 0.3 is 0 Å². The number of hydrogen-bond donors (Lipinski definition) is 0. The Balaban J connectivity index is 6.19. The monoisotopic (exact) mass is 784 g/mol. The Labute approximate surface area is 295 Å². The van der Waals surface area contributed by atoms with Crippen molar-refractivity contribution in [3.8, 4) is 0 Å². The Bertz CT molecular complexity index is 863. The lowest BCUT2D eigenvalue weighted by atomic mass is 9.88. The van der Waals surface area contributed by atoms with E-state index in [1.54, 1.807) is 21.3 Å². The molecule has 7 atom stereocenters. The second-order valence-electron chi connectivity index (χ2n) is 16.3. The van der Waals surface area contributed by atoms with Gasteiger partial charge in [0.25, 0.3) is 0 Å². The van der Waals surface area contributed by atoms with Gasteiger partial charge in [-0.2, -0.15) is 0 Å². The first-order valence-corrected chi connectivity index (χ1v) is 24.2. The molecule has 0 aromatic heterocycles. The quantitative estimate of drug-likeness (QED) is 0.0358. The van der Waals surface area contributed by atoms with E-state index in [9.17, 15) is 0 Å². The van der Waals surface area contributed by atoms with E-state index < -0.39 is 16.6 Å². The van der Waals surface area contributed by atoms with Crippen LogP contribution in [0, 0.1) is 17.8 Å². The summed E-state index contributed by atoms with van der Waals surface area (Å²) in [5.74, 6) is 0.820. The molecule has 0 spiro atoms. The average molecular weight is 785 g/mol. The van der Waals surface area contributed by atoms with Crippen LogP contribution in [-0.2, 0) is 27.8 Å². The lowest BCUT2D eigenvalue weighted by Gasteiger charge is -2.44. The Hall–Kier alpha value is 0.404. The molecule has 45 heavy (non-hydrogen) atoms. The van der Waals surface area contributed by atoms with Crippen molar-refractivity contribution in [2.45, 2.75) is 155 Å². The highest BCUT2D eigenvalue weighted by Crippen LogP contribution is 2.41. The fraction of sp³-hybridized carbons (Fsp3) is 0.889. The number of ether oxygens (including phenoxy) is 4. The van der Waals surface area contributed by atoms with Crippen molar-refractivity contribution in [1.82, 2.24) is 0 Å². The third-order valence-electron chi connectivity index (χ3n) is 10.2. The summed E-state index contributed by atoms with van der Waals surface area (Å²) in [6.45, 7) is 33.9. The zero-order chi connectivity index (χ0) is 35.4. The maximum Gasteiger partial charge on any atom is 0.192 e. The fourth-order valence-electron chi connectivity index (χ4n) is 5.45. The summed E-state index contributed by atoms with van der Waals surface area (Å²) < 4.78 is 38.7. The predicted molar refractivity (Wildman–Crippen MR) is 207 cm³/mol. The van der Waals surface area contributed by atoms with Crippen molar-refractivity contribution in [2.75, 3.05) is 32.9 Å². The molecule has 0 amide bonds. The normalized spacial score (nSPS) is 18.8. The SMILES string of the molecule is C=CC[C@H](/C=C(\C)C[C@H](C)C[C@H](OC)[C@@H](O[Si](C)(C)C(C)(C)C)[C@H](C[C@@H](C)C(OC)OC)OC)[C@@H](CI)O[Si](C)(C)C(C)(C)C. The van der Waals surface area contributed by atoms with Gasteiger partial charge in [0.1, 0.15) is 0 Å². The first kappa shape index (κ1) is 45.4. The molecule has 0 aliphatic carbocycles. The summed E-state index contributed by atoms with van der Waals surface area (Å²) in [5.41, 5.74) is 1.39. The minimum atomic E-state index is -2.14. The van der Waals surface area contributed by atoms with E-state index in [-0.39, 0.29) is 46.7 Å². The van der Waals surface area contributed by atoms with Gasteiger partial charge in [0, 0.05) is 44.7 Å². The molecular formula is C36H73IO6Si2. The average Bonchev–Trinajstić information content (AvgIpc) is 2.91. The van der Waals surface area contributed by atoms with Crippen LogP contribution in [0.1, 0.15) is 88.0 Å². The molecule has 0 fully saturated rings. The predicted octanol–water partition coefficient (Wildman–Crippen LogP) is 10.4. The van der Waals surface area contributed by atoms with Gasteiger partial charge in [-0.05, 0) is 74.8 Å². The molecule has 0 N–H and O–H groups in total. The van der Waals surface area contributed by atoms with Crippen molar-refractivity contribution in [2.24, 2.45) is 17.8 Å². The van der Waals surface area contributed by atoms with Crippen LogP contribution in [0.25, 0.3) is 0 Å². The van der Waals surface area contributed by atoms with Crippen molar-refractivity contribution in [3.05, 3.63) is 24.3 Å². The Kier molecular flexibility index (Phi) is 20.3. The highest BCUT2D eigenvalue weighted by atomic mass is 127.